The number of carbonyl (C=O) groups is 1. The minimum Gasteiger partial charge on any atom is -0.396 e. The van der Waals surface area contributed by atoms with Crippen LogP contribution in [-0.4, -0.2) is 35.6 Å². The molecule has 1 aliphatic heterocycles. The Morgan fingerprint density at radius 2 is 2.32 bits per heavy atom. The van der Waals surface area contributed by atoms with Gasteiger partial charge in [0.25, 0.3) is 5.91 Å². The van der Waals surface area contributed by atoms with Crippen LogP contribution in [0.5, 0.6) is 0 Å². The molecule has 0 radical (unpaired) electrons. The van der Waals surface area contributed by atoms with E-state index in [-0.39, 0.29) is 18.3 Å². The van der Waals surface area contributed by atoms with E-state index in [0.717, 1.165) is 25.8 Å². The Bertz CT molecular complexity index is 465. The van der Waals surface area contributed by atoms with Crippen LogP contribution in [0.3, 0.4) is 0 Å². The van der Waals surface area contributed by atoms with Gasteiger partial charge in [0.1, 0.15) is 5.82 Å². The number of hydrogen-bond donors (Lipinski definition) is 1. The fraction of sp³-hybridized carbons (Fsp3) is 0.500. The average Bonchev–Trinajstić information content (AvgIpc) is 2.42. The molecule has 0 aromatic heterocycles. The van der Waals surface area contributed by atoms with Gasteiger partial charge in [-0.15, -0.1) is 0 Å². The summed E-state index contributed by atoms with van der Waals surface area (Å²) in [4.78, 5) is 14.1. The van der Waals surface area contributed by atoms with E-state index in [2.05, 4.69) is 15.9 Å². The van der Waals surface area contributed by atoms with Crippen molar-refractivity contribution in [3.8, 4) is 0 Å². The highest BCUT2D eigenvalue weighted by Gasteiger charge is 2.24. The van der Waals surface area contributed by atoms with E-state index in [1.54, 1.807) is 4.90 Å². The zero-order valence-corrected chi connectivity index (χ0v) is 12.2. The number of hydrogen-bond acceptors (Lipinski definition) is 2. The van der Waals surface area contributed by atoms with Crippen LogP contribution in [0.4, 0.5) is 4.39 Å². The molecule has 0 spiro atoms. The second-order valence-corrected chi connectivity index (χ2v) is 5.75. The molecule has 104 valence electrons. The third-order valence-corrected chi connectivity index (χ3v) is 4.12. The van der Waals surface area contributed by atoms with E-state index >= 15 is 0 Å². The zero-order chi connectivity index (χ0) is 13.8. The SMILES string of the molecule is O=C(c1ccc(F)c(Br)c1)N1CCCC(CCO)C1. The highest BCUT2D eigenvalue weighted by Crippen LogP contribution is 2.23. The monoisotopic (exact) mass is 329 g/mol. The number of aliphatic hydroxyl groups is 1. The molecule has 1 N–H and O–H groups in total. The number of carbonyl (C=O) groups excluding carboxylic acids is 1. The quantitative estimate of drug-likeness (QED) is 0.926. The fourth-order valence-corrected chi connectivity index (χ4v) is 2.86. The van der Waals surface area contributed by atoms with Gasteiger partial charge in [-0.1, -0.05) is 0 Å². The molecule has 0 aliphatic carbocycles. The van der Waals surface area contributed by atoms with Crippen molar-refractivity contribution in [3.05, 3.63) is 34.1 Å². The van der Waals surface area contributed by atoms with Crippen molar-refractivity contribution in [2.45, 2.75) is 19.3 Å². The lowest BCUT2D eigenvalue weighted by atomic mass is 9.94. The molecule has 1 amide bonds. The predicted molar refractivity (Wildman–Crippen MR) is 74.4 cm³/mol. The van der Waals surface area contributed by atoms with Crippen LogP contribution in [0.2, 0.25) is 0 Å². The zero-order valence-electron chi connectivity index (χ0n) is 10.6. The number of piperidine rings is 1. The summed E-state index contributed by atoms with van der Waals surface area (Å²) < 4.78 is 13.5. The van der Waals surface area contributed by atoms with Gasteiger partial charge in [0.15, 0.2) is 0 Å². The molecular weight excluding hydrogens is 313 g/mol. The van der Waals surface area contributed by atoms with Crippen LogP contribution >= 0.6 is 15.9 Å². The van der Waals surface area contributed by atoms with E-state index in [9.17, 15) is 9.18 Å². The Balaban J connectivity index is 2.08. The number of benzene rings is 1. The second-order valence-electron chi connectivity index (χ2n) is 4.90. The van der Waals surface area contributed by atoms with Crippen LogP contribution in [0.1, 0.15) is 29.6 Å². The Labute approximate surface area is 120 Å². The largest absolute Gasteiger partial charge is 0.396 e. The van der Waals surface area contributed by atoms with Crippen LogP contribution < -0.4 is 0 Å². The van der Waals surface area contributed by atoms with Crippen molar-refractivity contribution in [1.29, 1.82) is 0 Å². The first-order chi connectivity index (χ1) is 9.11. The summed E-state index contributed by atoms with van der Waals surface area (Å²) in [6.45, 7) is 1.57. The lowest BCUT2D eigenvalue weighted by Crippen LogP contribution is -2.40. The lowest BCUT2D eigenvalue weighted by molar-refractivity contribution is 0.0653. The maximum absolute atomic E-state index is 13.2. The third-order valence-electron chi connectivity index (χ3n) is 3.51. The molecule has 1 heterocycles. The molecule has 1 saturated heterocycles. The Morgan fingerprint density at radius 3 is 3.00 bits per heavy atom. The van der Waals surface area contributed by atoms with Gasteiger partial charge in [0, 0.05) is 25.3 Å². The van der Waals surface area contributed by atoms with Gasteiger partial charge in [-0.05, 0) is 59.3 Å². The number of amides is 1. The number of rotatable bonds is 3. The van der Waals surface area contributed by atoms with E-state index in [0.29, 0.717) is 22.5 Å². The highest BCUT2D eigenvalue weighted by atomic mass is 79.9. The van der Waals surface area contributed by atoms with E-state index in [1.807, 2.05) is 0 Å². The maximum Gasteiger partial charge on any atom is 0.253 e. The predicted octanol–water partition coefficient (Wildman–Crippen LogP) is 2.82. The van der Waals surface area contributed by atoms with Crippen LogP contribution in [0.25, 0.3) is 0 Å². The van der Waals surface area contributed by atoms with Crippen molar-refractivity contribution < 1.29 is 14.3 Å². The molecular formula is C14H17BrFNO2. The third kappa shape index (κ3) is 3.54. The first-order valence-corrected chi connectivity index (χ1v) is 7.26. The highest BCUT2D eigenvalue weighted by molar-refractivity contribution is 9.10. The molecule has 1 unspecified atom stereocenters. The molecule has 1 atom stereocenters. The summed E-state index contributed by atoms with van der Waals surface area (Å²) in [7, 11) is 0. The van der Waals surface area contributed by atoms with Gasteiger partial charge in [-0.2, -0.15) is 0 Å². The number of halogens is 2. The molecule has 0 saturated carbocycles. The summed E-state index contributed by atoms with van der Waals surface area (Å²) in [5.41, 5.74) is 0.498. The molecule has 19 heavy (non-hydrogen) atoms. The van der Waals surface area contributed by atoms with Crippen molar-refractivity contribution >= 4 is 21.8 Å². The molecule has 1 fully saturated rings. The first-order valence-electron chi connectivity index (χ1n) is 6.47. The number of likely N-dealkylation sites (tertiary alicyclic amines) is 1. The minimum atomic E-state index is -0.367. The summed E-state index contributed by atoms with van der Waals surface area (Å²) in [6, 6.07) is 4.33. The first kappa shape index (κ1) is 14.5. The molecule has 5 heteroatoms. The van der Waals surface area contributed by atoms with Crippen LogP contribution in [-0.2, 0) is 0 Å². The lowest BCUT2D eigenvalue weighted by Gasteiger charge is -2.32. The maximum atomic E-state index is 13.2. The molecule has 1 aromatic rings. The van der Waals surface area contributed by atoms with E-state index in [4.69, 9.17) is 5.11 Å². The Hall–Kier alpha value is -0.940. The van der Waals surface area contributed by atoms with Crippen molar-refractivity contribution in [2.24, 2.45) is 5.92 Å². The van der Waals surface area contributed by atoms with Gasteiger partial charge in [0.2, 0.25) is 0 Å². The number of aliphatic hydroxyl groups excluding tert-OH is 1. The van der Waals surface area contributed by atoms with Gasteiger partial charge in [0.05, 0.1) is 4.47 Å². The van der Waals surface area contributed by atoms with Gasteiger partial charge in [-0.3, -0.25) is 4.79 Å². The van der Waals surface area contributed by atoms with Crippen LogP contribution in [0.15, 0.2) is 22.7 Å². The molecule has 0 bridgehead atoms. The minimum absolute atomic E-state index is 0.0664. The second kappa shape index (κ2) is 6.48. The van der Waals surface area contributed by atoms with Gasteiger partial charge < -0.3 is 10.0 Å². The topological polar surface area (TPSA) is 40.5 Å². The van der Waals surface area contributed by atoms with E-state index in [1.165, 1.54) is 18.2 Å². The summed E-state index contributed by atoms with van der Waals surface area (Å²) >= 11 is 3.10. The molecule has 1 aromatic carbocycles. The van der Waals surface area contributed by atoms with E-state index < -0.39 is 0 Å². The normalized spacial score (nSPS) is 19.5. The Kier molecular flexibility index (Phi) is 4.93. The summed E-state index contributed by atoms with van der Waals surface area (Å²) in [6.07, 6.45) is 2.74. The summed E-state index contributed by atoms with van der Waals surface area (Å²) in [5.74, 6) is -0.0664. The molecule has 2 rings (SSSR count). The number of nitrogens with zero attached hydrogens (tertiary/aromatic N) is 1. The van der Waals surface area contributed by atoms with Gasteiger partial charge >= 0.3 is 0 Å². The van der Waals surface area contributed by atoms with Gasteiger partial charge in [-0.25, -0.2) is 4.39 Å². The van der Waals surface area contributed by atoms with Crippen molar-refractivity contribution in [3.63, 3.8) is 0 Å². The summed E-state index contributed by atoms with van der Waals surface area (Å²) in [5, 5.41) is 8.98. The van der Waals surface area contributed by atoms with Crippen molar-refractivity contribution in [1.82, 2.24) is 4.90 Å². The molecule has 3 nitrogen and oxygen atoms in total. The molecule has 1 aliphatic rings. The van der Waals surface area contributed by atoms with Crippen LogP contribution in [0, 0.1) is 11.7 Å². The standard InChI is InChI=1S/C14H17BrFNO2/c15-12-8-11(3-4-13(12)16)14(19)17-6-1-2-10(9-17)5-7-18/h3-4,8,10,18H,1-2,5-7,9H2. The Morgan fingerprint density at radius 1 is 1.53 bits per heavy atom. The fourth-order valence-electron chi connectivity index (χ4n) is 2.48. The van der Waals surface area contributed by atoms with Crippen molar-refractivity contribution in [2.75, 3.05) is 19.7 Å². The average molecular weight is 330 g/mol. The smallest absolute Gasteiger partial charge is 0.253 e.